The summed E-state index contributed by atoms with van der Waals surface area (Å²) in [6.07, 6.45) is 2.34. The normalized spacial score (nSPS) is 17.3. The summed E-state index contributed by atoms with van der Waals surface area (Å²) in [5.74, 6) is 0. The van der Waals surface area contributed by atoms with Gasteiger partial charge in [0.25, 0.3) is 0 Å². The second-order valence-corrected chi connectivity index (χ2v) is 7.43. The van der Waals surface area contributed by atoms with Crippen LogP contribution in [0.25, 0.3) is 0 Å². The molecule has 0 unspecified atom stereocenters. The molecular weight excluding hydrogens is 268 g/mol. The van der Waals surface area contributed by atoms with E-state index in [0.717, 1.165) is 26.3 Å². The lowest BCUT2D eigenvalue weighted by Crippen LogP contribution is -2.36. The topological polar surface area (TPSA) is 24.5 Å². The molecule has 1 aromatic rings. The zero-order valence-corrected chi connectivity index (χ0v) is 14.1. The first-order chi connectivity index (χ1) is 9.56. The Bertz CT molecular complexity index is 411. The number of ether oxygens (including phenoxy) is 1. The van der Waals surface area contributed by atoms with Crippen molar-refractivity contribution in [3.05, 3.63) is 21.4 Å². The van der Waals surface area contributed by atoms with Crippen LogP contribution in [0.1, 0.15) is 42.0 Å². The first-order valence-electron chi connectivity index (χ1n) is 7.66. The molecule has 4 heteroatoms. The van der Waals surface area contributed by atoms with E-state index in [-0.39, 0.29) is 0 Å². The minimum absolute atomic E-state index is 0.547. The summed E-state index contributed by atoms with van der Waals surface area (Å²) < 4.78 is 5.45. The summed E-state index contributed by atoms with van der Waals surface area (Å²) in [5, 5.41) is 3.50. The Morgan fingerprint density at radius 3 is 2.75 bits per heavy atom. The predicted octanol–water partition coefficient (Wildman–Crippen LogP) is 3.17. The van der Waals surface area contributed by atoms with E-state index < -0.39 is 0 Å². The van der Waals surface area contributed by atoms with Crippen molar-refractivity contribution < 1.29 is 4.74 Å². The molecule has 0 aromatic carbocycles. The van der Waals surface area contributed by atoms with Crippen LogP contribution in [0.4, 0.5) is 0 Å². The maximum atomic E-state index is 5.45. The van der Waals surface area contributed by atoms with Crippen molar-refractivity contribution in [2.24, 2.45) is 0 Å². The molecule has 0 aliphatic carbocycles. The molecule has 114 valence electrons. The van der Waals surface area contributed by atoms with Gasteiger partial charge in [0.2, 0.25) is 0 Å². The van der Waals surface area contributed by atoms with Gasteiger partial charge in [-0.15, -0.1) is 11.3 Å². The Morgan fingerprint density at radius 1 is 1.40 bits per heavy atom. The highest BCUT2D eigenvalue weighted by molar-refractivity contribution is 7.12. The third-order valence-corrected chi connectivity index (χ3v) is 5.08. The summed E-state index contributed by atoms with van der Waals surface area (Å²) in [7, 11) is 2.25. The molecule has 0 atom stereocenters. The molecule has 0 radical (unpaired) electrons. The van der Waals surface area contributed by atoms with Gasteiger partial charge in [0.15, 0.2) is 0 Å². The van der Waals surface area contributed by atoms with Gasteiger partial charge >= 0.3 is 0 Å². The quantitative estimate of drug-likeness (QED) is 0.872. The summed E-state index contributed by atoms with van der Waals surface area (Å²) in [5.41, 5.74) is 1.49. The van der Waals surface area contributed by atoms with Gasteiger partial charge in [-0.1, -0.05) is 13.8 Å². The number of hydrogen-bond donors (Lipinski definition) is 1. The van der Waals surface area contributed by atoms with Crippen molar-refractivity contribution in [2.45, 2.75) is 58.8 Å². The Balaban J connectivity index is 1.91. The number of thiophene rings is 1. The Morgan fingerprint density at radius 2 is 2.10 bits per heavy atom. The van der Waals surface area contributed by atoms with E-state index in [1.54, 1.807) is 0 Å². The van der Waals surface area contributed by atoms with E-state index in [1.165, 1.54) is 28.2 Å². The van der Waals surface area contributed by atoms with Crippen LogP contribution in [0.15, 0.2) is 6.07 Å². The van der Waals surface area contributed by atoms with Crippen LogP contribution < -0.4 is 5.32 Å². The molecule has 1 aromatic heterocycles. The lowest BCUT2D eigenvalue weighted by molar-refractivity contribution is 0.0407. The zero-order chi connectivity index (χ0) is 14.5. The van der Waals surface area contributed by atoms with Gasteiger partial charge in [-0.05, 0) is 38.4 Å². The largest absolute Gasteiger partial charge is 0.381 e. The maximum absolute atomic E-state index is 5.45. The minimum atomic E-state index is 0.547. The monoisotopic (exact) mass is 296 g/mol. The molecule has 2 heterocycles. The molecule has 20 heavy (non-hydrogen) atoms. The Kier molecular flexibility index (Phi) is 6.02. The molecule has 0 amide bonds. The Labute approximate surface area is 127 Å². The molecular formula is C16H28N2OS. The predicted molar refractivity (Wildman–Crippen MR) is 86.3 cm³/mol. The second-order valence-electron chi connectivity index (χ2n) is 6.09. The highest BCUT2D eigenvalue weighted by Gasteiger charge is 2.19. The van der Waals surface area contributed by atoms with Gasteiger partial charge in [-0.2, -0.15) is 0 Å². The summed E-state index contributed by atoms with van der Waals surface area (Å²) in [6.45, 7) is 10.5. The smallest absolute Gasteiger partial charge is 0.0480 e. The van der Waals surface area contributed by atoms with E-state index in [9.17, 15) is 0 Å². The summed E-state index contributed by atoms with van der Waals surface area (Å²) in [6, 6.07) is 3.61. The molecule has 3 nitrogen and oxygen atoms in total. The average molecular weight is 296 g/mol. The molecule has 2 rings (SSSR count). The summed E-state index contributed by atoms with van der Waals surface area (Å²) >= 11 is 1.93. The lowest BCUT2D eigenvalue weighted by atomic mass is 10.1. The standard InChI is InChI=1S/C16H28N2OS/c1-12(2)17-10-16-9-14(13(3)20-16)11-18(4)15-5-7-19-8-6-15/h9,12,15,17H,5-8,10-11H2,1-4H3. The maximum Gasteiger partial charge on any atom is 0.0480 e. The molecule has 1 saturated heterocycles. The van der Waals surface area contributed by atoms with Crippen LogP contribution in [-0.4, -0.2) is 37.2 Å². The zero-order valence-electron chi connectivity index (χ0n) is 13.2. The van der Waals surface area contributed by atoms with E-state index in [1.807, 2.05) is 11.3 Å². The molecule has 1 aliphatic rings. The fraction of sp³-hybridized carbons (Fsp3) is 0.750. The number of rotatable bonds is 6. The van der Waals surface area contributed by atoms with E-state index in [0.29, 0.717) is 12.1 Å². The van der Waals surface area contributed by atoms with E-state index in [4.69, 9.17) is 4.74 Å². The first kappa shape index (κ1) is 16.0. The van der Waals surface area contributed by atoms with Gasteiger partial charge in [0.1, 0.15) is 0 Å². The number of nitrogens with zero attached hydrogens (tertiary/aromatic N) is 1. The third kappa shape index (κ3) is 4.55. The van der Waals surface area contributed by atoms with Gasteiger partial charge in [0, 0.05) is 48.1 Å². The van der Waals surface area contributed by atoms with E-state index in [2.05, 4.69) is 44.1 Å². The van der Waals surface area contributed by atoms with Crippen molar-refractivity contribution in [3.63, 3.8) is 0 Å². The van der Waals surface area contributed by atoms with Crippen molar-refractivity contribution in [1.29, 1.82) is 0 Å². The molecule has 1 fully saturated rings. The fourth-order valence-electron chi connectivity index (χ4n) is 2.66. The number of hydrogen-bond acceptors (Lipinski definition) is 4. The summed E-state index contributed by atoms with van der Waals surface area (Å²) in [4.78, 5) is 5.41. The lowest BCUT2D eigenvalue weighted by Gasteiger charge is -2.31. The van der Waals surface area contributed by atoms with Crippen molar-refractivity contribution >= 4 is 11.3 Å². The van der Waals surface area contributed by atoms with Gasteiger partial charge in [-0.3, -0.25) is 4.90 Å². The van der Waals surface area contributed by atoms with Gasteiger partial charge in [0.05, 0.1) is 0 Å². The number of nitrogens with one attached hydrogen (secondary N) is 1. The Hall–Kier alpha value is -0.420. The van der Waals surface area contributed by atoms with Gasteiger partial charge in [-0.25, -0.2) is 0 Å². The van der Waals surface area contributed by atoms with Gasteiger partial charge < -0.3 is 10.1 Å². The molecule has 0 saturated carbocycles. The van der Waals surface area contributed by atoms with Crippen molar-refractivity contribution in [2.75, 3.05) is 20.3 Å². The number of aryl methyl sites for hydroxylation is 1. The third-order valence-electron chi connectivity index (χ3n) is 3.99. The highest BCUT2D eigenvalue weighted by Crippen LogP contribution is 2.24. The van der Waals surface area contributed by atoms with Crippen LogP contribution in [0.5, 0.6) is 0 Å². The van der Waals surface area contributed by atoms with Crippen LogP contribution >= 0.6 is 11.3 Å². The highest BCUT2D eigenvalue weighted by atomic mass is 32.1. The average Bonchev–Trinajstić information content (AvgIpc) is 2.78. The van der Waals surface area contributed by atoms with Crippen molar-refractivity contribution in [3.8, 4) is 0 Å². The van der Waals surface area contributed by atoms with Crippen LogP contribution in [-0.2, 0) is 17.8 Å². The SMILES string of the molecule is Cc1sc(CNC(C)C)cc1CN(C)C1CCOCC1. The van der Waals surface area contributed by atoms with E-state index >= 15 is 0 Å². The molecule has 0 bridgehead atoms. The van der Waals surface area contributed by atoms with Crippen molar-refractivity contribution in [1.82, 2.24) is 10.2 Å². The van der Waals surface area contributed by atoms with Crippen LogP contribution in [0.3, 0.4) is 0 Å². The van der Waals surface area contributed by atoms with Crippen LogP contribution in [0.2, 0.25) is 0 Å². The second kappa shape index (κ2) is 7.55. The van der Waals surface area contributed by atoms with Crippen LogP contribution in [0, 0.1) is 6.92 Å². The molecule has 1 aliphatic heterocycles. The fourth-order valence-corrected chi connectivity index (χ4v) is 3.66. The molecule has 1 N–H and O–H groups in total. The first-order valence-corrected chi connectivity index (χ1v) is 8.47. The minimum Gasteiger partial charge on any atom is -0.381 e. The molecule has 0 spiro atoms.